The van der Waals surface area contributed by atoms with Gasteiger partial charge in [0, 0.05) is 43.3 Å². The van der Waals surface area contributed by atoms with Crippen LogP contribution in [0.2, 0.25) is 0 Å². The number of alkyl halides is 3. The van der Waals surface area contributed by atoms with Crippen LogP contribution in [-0.4, -0.2) is 55.0 Å². The molecule has 1 fully saturated rings. The lowest BCUT2D eigenvalue weighted by Gasteiger charge is -2.29. The number of aromatic nitrogens is 1. The Morgan fingerprint density at radius 3 is 2.47 bits per heavy atom. The summed E-state index contributed by atoms with van der Waals surface area (Å²) in [5.74, 6) is -0.438. The molecule has 1 aliphatic heterocycles. The first-order valence-electron chi connectivity index (χ1n) is 15.0. The molecule has 0 unspecified atom stereocenters. The summed E-state index contributed by atoms with van der Waals surface area (Å²) in [5, 5.41) is 17.9. The number of sulfonamides is 1. The van der Waals surface area contributed by atoms with Crippen molar-refractivity contribution in [1.29, 1.82) is 0 Å². The monoisotopic (exact) mass is 642 g/mol. The summed E-state index contributed by atoms with van der Waals surface area (Å²) >= 11 is 0. The van der Waals surface area contributed by atoms with Crippen molar-refractivity contribution in [3.8, 4) is 0 Å². The van der Waals surface area contributed by atoms with Crippen molar-refractivity contribution in [2.45, 2.75) is 57.6 Å². The molecule has 0 radical (unpaired) electrons. The van der Waals surface area contributed by atoms with E-state index in [0.717, 1.165) is 28.6 Å². The number of carbonyl (C=O) groups is 1. The first-order valence-corrected chi connectivity index (χ1v) is 16.6. The van der Waals surface area contributed by atoms with Crippen molar-refractivity contribution < 1.29 is 31.5 Å². The first-order chi connectivity index (χ1) is 21.5. The summed E-state index contributed by atoms with van der Waals surface area (Å²) in [6, 6.07) is 18.7. The molecule has 1 aromatic heterocycles. The fourth-order valence-corrected chi connectivity index (χ4v) is 7.36. The lowest BCUT2D eigenvalue weighted by atomic mass is 10.00. The predicted octanol–water partition coefficient (Wildman–Crippen LogP) is 5.10. The van der Waals surface area contributed by atoms with Gasteiger partial charge in [-0.1, -0.05) is 48.5 Å². The van der Waals surface area contributed by atoms with Crippen LogP contribution in [0, 0.1) is 0 Å². The van der Waals surface area contributed by atoms with Gasteiger partial charge in [0.1, 0.15) is 0 Å². The molecular formula is C33H37F3N4O4S. The summed E-state index contributed by atoms with van der Waals surface area (Å²) in [4.78, 5) is 13.8. The summed E-state index contributed by atoms with van der Waals surface area (Å²) in [6.07, 6.45) is -2.10. The Labute approximate surface area is 260 Å². The van der Waals surface area contributed by atoms with E-state index in [1.807, 2.05) is 54.1 Å². The van der Waals surface area contributed by atoms with Crippen molar-refractivity contribution >= 4 is 32.5 Å². The quantitative estimate of drug-likeness (QED) is 0.211. The number of benzene rings is 3. The molecule has 3 N–H and O–H groups in total. The number of hydrogen-bond acceptors (Lipinski definition) is 5. The number of aliphatic hydroxyl groups excluding tert-OH is 1. The number of hydrogen-bond donors (Lipinski definition) is 3. The van der Waals surface area contributed by atoms with Gasteiger partial charge in [0.05, 0.1) is 34.7 Å². The average Bonchev–Trinajstić information content (AvgIpc) is 3.43. The Morgan fingerprint density at radius 1 is 1.00 bits per heavy atom. The highest BCUT2D eigenvalue weighted by atomic mass is 32.2. The van der Waals surface area contributed by atoms with E-state index in [4.69, 9.17) is 0 Å². The van der Waals surface area contributed by atoms with Gasteiger partial charge in [0.15, 0.2) is 0 Å². The number of nitrogens with one attached hydrogen (secondary N) is 2. The van der Waals surface area contributed by atoms with Crippen LogP contribution in [0.1, 0.15) is 46.8 Å². The summed E-state index contributed by atoms with van der Waals surface area (Å²) in [7, 11) is -3.55. The topological polar surface area (TPSA) is 104 Å². The van der Waals surface area contributed by atoms with Crippen molar-refractivity contribution in [1.82, 2.24) is 15.2 Å². The molecule has 45 heavy (non-hydrogen) atoms. The highest BCUT2D eigenvalue weighted by Crippen LogP contribution is 2.34. The largest absolute Gasteiger partial charge is 0.416 e. The Bertz CT molecular complexity index is 1740. The van der Waals surface area contributed by atoms with Crippen LogP contribution < -0.4 is 14.9 Å². The average molecular weight is 643 g/mol. The fraction of sp³-hybridized carbons (Fsp3) is 0.364. The van der Waals surface area contributed by atoms with Gasteiger partial charge in [-0.05, 0) is 61.6 Å². The normalized spacial score (nSPS) is 16.4. The number of amides is 1. The number of halogens is 3. The minimum absolute atomic E-state index is 0.00299. The second-order valence-corrected chi connectivity index (χ2v) is 13.3. The molecule has 4 aromatic rings. The molecule has 8 nitrogen and oxygen atoms in total. The lowest BCUT2D eigenvalue weighted by molar-refractivity contribution is -0.137. The number of aryl methyl sites for hydroxylation is 1. The lowest BCUT2D eigenvalue weighted by Crippen LogP contribution is -2.48. The maximum Gasteiger partial charge on any atom is 0.416 e. The predicted molar refractivity (Wildman–Crippen MR) is 169 cm³/mol. The van der Waals surface area contributed by atoms with Crippen molar-refractivity contribution in [3.05, 3.63) is 101 Å². The molecular weight excluding hydrogens is 605 g/mol. The fourth-order valence-electron chi connectivity index (χ4n) is 5.72. The van der Waals surface area contributed by atoms with Gasteiger partial charge in [-0.3, -0.25) is 9.10 Å². The number of anilines is 1. The third kappa shape index (κ3) is 7.69. The molecule has 2 atom stereocenters. The number of rotatable bonds is 11. The number of aliphatic hydroxyl groups is 1. The van der Waals surface area contributed by atoms with E-state index >= 15 is 0 Å². The van der Waals surface area contributed by atoms with Crippen LogP contribution in [0.15, 0.2) is 79.0 Å². The van der Waals surface area contributed by atoms with E-state index in [-0.39, 0.29) is 24.4 Å². The minimum Gasteiger partial charge on any atom is -0.390 e. The van der Waals surface area contributed by atoms with E-state index < -0.39 is 39.8 Å². The molecule has 240 valence electrons. The molecule has 5 rings (SSSR count). The second kappa shape index (κ2) is 13.6. The highest BCUT2D eigenvalue weighted by Gasteiger charge is 2.31. The van der Waals surface area contributed by atoms with Gasteiger partial charge >= 0.3 is 6.18 Å². The number of nitrogens with zero attached hydrogens (tertiary/aromatic N) is 2. The third-order valence-corrected chi connectivity index (χ3v) is 9.96. The van der Waals surface area contributed by atoms with Gasteiger partial charge in [-0.15, -0.1) is 0 Å². The molecule has 1 amide bonds. The number of fused-ring (bicyclic) bond motifs is 1. The van der Waals surface area contributed by atoms with E-state index in [1.165, 1.54) is 10.4 Å². The van der Waals surface area contributed by atoms with Crippen molar-refractivity contribution in [2.24, 2.45) is 0 Å². The Hall–Kier alpha value is -3.87. The standard InChI is InChI=1S/C33H37F3N4O4S/c1-2-39-15-13-27-29(39)19-25(20-30(27)40-14-6-7-16-45(40,43)44)32(42)38-28(18-23-9-4-3-5-10-23)31(41)22-37-21-24-11-8-12-26(17-24)33(34,35)36/h3-5,8-13,15,17,19-20,28,31,37,41H,2,6-7,14,16,18,21-22H2,1H3,(H,38,42)/t28-,31+/m0/s1. The summed E-state index contributed by atoms with van der Waals surface area (Å²) < 4.78 is 68.8. The molecule has 1 aliphatic rings. The van der Waals surface area contributed by atoms with Crippen LogP contribution in [0.5, 0.6) is 0 Å². The highest BCUT2D eigenvalue weighted by molar-refractivity contribution is 7.92. The van der Waals surface area contributed by atoms with E-state index in [9.17, 15) is 31.5 Å². The molecule has 1 saturated heterocycles. The van der Waals surface area contributed by atoms with Crippen molar-refractivity contribution in [3.63, 3.8) is 0 Å². The van der Waals surface area contributed by atoms with Crippen LogP contribution in [0.3, 0.4) is 0 Å². The Kier molecular flexibility index (Phi) is 9.85. The Balaban J connectivity index is 1.39. The second-order valence-electron chi connectivity index (χ2n) is 11.3. The SMILES string of the molecule is CCn1ccc2c(N3CCCCS3(=O)=O)cc(C(=O)N[C@@H](Cc3ccccc3)[C@H](O)CNCc3cccc(C(F)(F)F)c3)cc21. The van der Waals surface area contributed by atoms with Crippen LogP contribution >= 0.6 is 0 Å². The molecule has 0 spiro atoms. The zero-order chi connectivity index (χ0) is 32.2. The zero-order valence-electron chi connectivity index (χ0n) is 24.9. The summed E-state index contributed by atoms with van der Waals surface area (Å²) in [5.41, 5.74) is 1.97. The van der Waals surface area contributed by atoms with Gasteiger partial charge in [0.25, 0.3) is 5.91 Å². The molecule has 3 aromatic carbocycles. The van der Waals surface area contributed by atoms with Gasteiger partial charge < -0.3 is 20.3 Å². The van der Waals surface area contributed by atoms with Crippen LogP contribution in [0.25, 0.3) is 10.9 Å². The van der Waals surface area contributed by atoms with E-state index in [0.29, 0.717) is 43.6 Å². The van der Waals surface area contributed by atoms with Crippen molar-refractivity contribution in [2.75, 3.05) is 23.1 Å². The molecule has 0 saturated carbocycles. The van der Waals surface area contributed by atoms with Gasteiger partial charge in [-0.25, -0.2) is 8.42 Å². The smallest absolute Gasteiger partial charge is 0.390 e. The molecule has 2 heterocycles. The maximum absolute atomic E-state index is 13.8. The molecule has 0 aliphatic carbocycles. The summed E-state index contributed by atoms with van der Waals surface area (Å²) in [6.45, 7) is 3.00. The Morgan fingerprint density at radius 2 is 1.76 bits per heavy atom. The molecule has 12 heteroatoms. The van der Waals surface area contributed by atoms with E-state index in [2.05, 4.69) is 10.6 Å². The first kappa shape index (κ1) is 32.5. The third-order valence-electron chi connectivity index (χ3n) is 8.10. The van der Waals surface area contributed by atoms with Gasteiger partial charge in [0.2, 0.25) is 10.0 Å². The van der Waals surface area contributed by atoms with E-state index in [1.54, 1.807) is 18.2 Å². The number of carbonyl (C=O) groups excluding carboxylic acids is 1. The van der Waals surface area contributed by atoms with Gasteiger partial charge in [-0.2, -0.15) is 13.2 Å². The minimum atomic E-state index is -4.46. The zero-order valence-corrected chi connectivity index (χ0v) is 25.7. The van der Waals surface area contributed by atoms with Crippen LogP contribution in [0.4, 0.5) is 18.9 Å². The molecule has 0 bridgehead atoms. The maximum atomic E-state index is 13.8. The van der Waals surface area contributed by atoms with Crippen LogP contribution in [-0.2, 0) is 35.7 Å².